The van der Waals surface area contributed by atoms with E-state index in [9.17, 15) is 24.6 Å². The zero-order valence-electron chi connectivity index (χ0n) is 20.7. The number of aliphatic hydroxyl groups is 2. The summed E-state index contributed by atoms with van der Waals surface area (Å²) in [6.07, 6.45) is -12.3. The van der Waals surface area contributed by atoms with E-state index in [-0.39, 0.29) is 6.42 Å². The molecule has 19 heteroatoms. The lowest BCUT2D eigenvalue weighted by atomic mass is 9.84. The first-order valence-electron chi connectivity index (χ1n) is 11.3. The van der Waals surface area contributed by atoms with E-state index < -0.39 is 85.1 Å². The van der Waals surface area contributed by atoms with Crippen molar-refractivity contribution in [3.05, 3.63) is 31.3 Å². The fourth-order valence-corrected chi connectivity index (χ4v) is 4.38. The average molecular weight is 541 g/mol. The van der Waals surface area contributed by atoms with Crippen LogP contribution in [0.15, 0.2) is 15.3 Å². The van der Waals surface area contributed by atoms with Crippen LogP contribution in [0, 0.1) is 0 Å². The average Bonchev–Trinajstić information content (AvgIpc) is 2.81. The molecule has 1 aliphatic heterocycles. The van der Waals surface area contributed by atoms with E-state index in [4.69, 9.17) is 40.3 Å². The summed E-state index contributed by atoms with van der Waals surface area (Å²) in [5.41, 5.74) is 27.1. The summed E-state index contributed by atoms with van der Waals surface area (Å²) < 4.78 is 27.0. The van der Waals surface area contributed by atoms with Crippen molar-refractivity contribution in [1.82, 2.24) is 0 Å². The standard InChI is InChI=1S/C19H27N9O10/c1-6(34-7(2)29)15-13(32)18(36-9(4)31)12(25-28-22)19(37-15)38-17-11(24-27-21)5-10(23-26-20)16(14(17)33)35-8(3)30/h6,10-19,32-33H,5H2,1-4H3/t6-,10?,11?,12?,13-,14?,15?,16?,17-,18?,19-/m1/s1. The Balaban J connectivity index is 2.53. The van der Waals surface area contributed by atoms with Crippen LogP contribution in [0.25, 0.3) is 31.3 Å². The molecule has 2 aliphatic rings. The summed E-state index contributed by atoms with van der Waals surface area (Å²) in [7, 11) is 0. The summed E-state index contributed by atoms with van der Waals surface area (Å²) in [5.74, 6) is -2.39. The molecule has 11 atom stereocenters. The van der Waals surface area contributed by atoms with Crippen LogP contribution in [-0.2, 0) is 38.1 Å². The highest BCUT2D eigenvalue weighted by atomic mass is 16.7. The molecule has 1 saturated carbocycles. The smallest absolute Gasteiger partial charge is 0.303 e. The molecular weight excluding hydrogens is 514 g/mol. The fourth-order valence-electron chi connectivity index (χ4n) is 4.38. The SMILES string of the molecule is CC(=O)OC1C(N=[N+]=[N-])CC(N=[N+]=[N-])[C@@H](O[C@H]2OC([C@@H](C)OC(C)=O)[C@@H](O)C(OC(C)=O)C2N=[N+]=[N-])C1O. The maximum Gasteiger partial charge on any atom is 0.303 e. The van der Waals surface area contributed by atoms with Gasteiger partial charge in [0.25, 0.3) is 0 Å². The summed E-state index contributed by atoms with van der Waals surface area (Å²) in [6.45, 7) is 4.59. The van der Waals surface area contributed by atoms with E-state index in [2.05, 4.69) is 30.1 Å². The molecule has 1 saturated heterocycles. The van der Waals surface area contributed by atoms with E-state index in [1.807, 2.05) is 0 Å². The van der Waals surface area contributed by atoms with Crippen LogP contribution in [0.5, 0.6) is 0 Å². The number of nitrogens with zero attached hydrogens (tertiary/aromatic N) is 9. The van der Waals surface area contributed by atoms with Crippen molar-refractivity contribution in [2.45, 2.75) is 101 Å². The number of rotatable bonds is 9. The monoisotopic (exact) mass is 541 g/mol. The van der Waals surface area contributed by atoms with Gasteiger partial charge >= 0.3 is 17.9 Å². The summed E-state index contributed by atoms with van der Waals surface area (Å²) in [5, 5.41) is 32.5. The number of hydrogen-bond donors (Lipinski definition) is 2. The molecule has 0 aromatic rings. The van der Waals surface area contributed by atoms with Crippen molar-refractivity contribution in [2.24, 2.45) is 15.3 Å². The number of hydrogen-bond acceptors (Lipinski definition) is 13. The predicted octanol–water partition coefficient (Wildman–Crippen LogP) is 1.07. The van der Waals surface area contributed by atoms with Gasteiger partial charge in [-0.05, 0) is 29.9 Å². The van der Waals surface area contributed by atoms with Gasteiger partial charge in [0, 0.05) is 35.5 Å². The third kappa shape index (κ3) is 7.36. The van der Waals surface area contributed by atoms with Crippen molar-refractivity contribution >= 4 is 17.9 Å². The van der Waals surface area contributed by atoms with Gasteiger partial charge in [-0.25, -0.2) is 0 Å². The van der Waals surface area contributed by atoms with Gasteiger partial charge in [-0.3, -0.25) is 14.4 Å². The number of carbonyl (C=O) groups excluding carboxylic acids is 3. The minimum Gasteiger partial charge on any atom is -0.460 e. The molecule has 2 rings (SSSR count). The Labute approximate surface area is 214 Å². The zero-order valence-corrected chi connectivity index (χ0v) is 20.7. The van der Waals surface area contributed by atoms with Crippen LogP contribution >= 0.6 is 0 Å². The third-order valence-electron chi connectivity index (χ3n) is 5.79. The molecule has 0 amide bonds. The molecule has 19 nitrogen and oxygen atoms in total. The second-order valence-electron chi connectivity index (χ2n) is 8.49. The van der Waals surface area contributed by atoms with Gasteiger partial charge < -0.3 is 33.9 Å². The topological polar surface area (TPSA) is 284 Å². The first kappa shape index (κ1) is 30.4. The molecule has 1 heterocycles. The van der Waals surface area contributed by atoms with Crippen LogP contribution in [-0.4, -0.2) is 95.3 Å². The molecule has 0 radical (unpaired) electrons. The first-order valence-corrected chi connectivity index (χ1v) is 11.3. The van der Waals surface area contributed by atoms with E-state index in [1.165, 1.54) is 6.92 Å². The molecule has 2 fully saturated rings. The first-order chi connectivity index (χ1) is 17.9. The molecule has 38 heavy (non-hydrogen) atoms. The molecule has 7 unspecified atom stereocenters. The summed E-state index contributed by atoms with van der Waals surface area (Å²) in [6, 6.07) is -3.89. The highest BCUT2D eigenvalue weighted by molar-refractivity contribution is 5.67. The molecule has 0 aromatic carbocycles. The highest BCUT2D eigenvalue weighted by Gasteiger charge is 2.53. The Morgan fingerprint density at radius 3 is 1.87 bits per heavy atom. The zero-order chi connectivity index (χ0) is 28.6. The van der Waals surface area contributed by atoms with Gasteiger partial charge in [-0.2, -0.15) is 0 Å². The van der Waals surface area contributed by atoms with E-state index in [0.29, 0.717) is 0 Å². The Kier molecular flexibility index (Phi) is 10.9. The van der Waals surface area contributed by atoms with Gasteiger partial charge in [-0.15, -0.1) is 0 Å². The van der Waals surface area contributed by atoms with Crippen molar-refractivity contribution in [2.75, 3.05) is 0 Å². The van der Waals surface area contributed by atoms with Gasteiger partial charge in [0.15, 0.2) is 6.29 Å². The van der Waals surface area contributed by atoms with Crippen LogP contribution in [0.2, 0.25) is 0 Å². The number of esters is 3. The Morgan fingerprint density at radius 1 is 0.842 bits per heavy atom. The van der Waals surface area contributed by atoms with E-state index in [1.54, 1.807) is 0 Å². The minimum atomic E-state index is -1.75. The van der Waals surface area contributed by atoms with Crippen molar-refractivity contribution < 1.29 is 48.3 Å². The summed E-state index contributed by atoms with van der Waals surface area (Å²) in [4.78, 5) is 43.0. The van der Waals surface area contributed by atoms with Crippen molar-refractivity contribution in [3.8, 4) is 0 Å². The van der Waals surface area contributed by atoms with Crippen LogP contribution in [0.4, 0.5) is 0 Å². The van der Waals surface area contributed by atoms with Gasteiger partial charge in [-0.1, -0.05) is 15.3 Å². The molecule has 1 aliphatic carbocycles. The van der Waals surface area contributed by atoms with Crippen molar-refractivity contribution in [3.63, 3.8) is 0 Å². The third-order valence-corrected chi connectivity index (χ3v) is 5.79. The Morgan fingerprint density at radius 2 is 1.37 bits per heavy atom. The van der Waals surface area contributed by atoms with Crippen molar-refractivity contribution in [1.29, 1.82) is 0 Å². The number of carbonyl (C=O) groups is 3. The van der Waals surface area contributed by atoms with Crippen LogP contribution in [0.3, 0.4) is 0 Å². The lowest BCUT2D eigenvalue weighted by Crippen LogP contribution is -2.64. The predicted molar refractivity (Wildman–Crippen MR) is 121 cm³/mol. The fraction of sp³-hybridized carbons (Fsp3) is 0.842. The molecule has 0 spiro atoms. The molecule has 0 bridgehead atoms. The normalized spacial score (nSPS) is 35.2. The van der Waals surface area contributed by atoms with E-state index >= 15 is 0 Å². The maximum absolute atomic E-state index is 11.8. The Hall–Kier alpha value is -3.82. The lowest BCUT2D eigenvalue weighted by molar-refractivity contribution is -0.303. The maximum atomic E-state index is 11.8. The Bertz CT molecular complexity index is 1040. The molecule has 0 aromatic heterocycles. The lowest BCUT2D eigenvalue weighted by Gasteiger charge is -2.47. The van der Waals surface area contributed by atoms with Gasteiger partial charge in [0.05, 0.1) is 18.2 Å². The largest absolute Gasteiger partial charge is 0.460 e. The molecular formula is C19H27N9O10. The molecule has 208 valence electrons. The van der Waals surface area contributed by atoms with E-state index in [0.717, 1.165) is 20.8 Å². The highest BCUT2D eigenvalue weighted by Crippen LogP contribution is 2.35. The number of aliphatic hydroxyl groups excluding tert-OH is 2. The van der Waals surface area contributed by atoms with Crippen LogP contribution in [0.1, 0.15) is 34.1 Å². The van der Waals surface area contributed by atoms with Crippen LogP contribution < -0.4 is 0 Å². The summed E-state index contributed by atoms with van der Waals surface area (Å²) >= 11 is 0. The number of azide groups is 3. The minimum absolute atomic E-state index is 0.226. The van der Waals surface area contributed by atoms with Gasteiger partial charge in [0.2, 0.25) is 0 Å². The second-order valence-corrected chi connectivity index (χ2v) is 8.49. The quantitative estimate of drug-likeness (QED) is 0.137. The molecule has 2 N–H and O–H groups in total. The number of ether oxygens (including phenoxy) is 5. The van der Waals surface area contributed by atoms with Gasteiger partial charge in [0.1, 0.15) is 42.7 Å². The second kappa shape index (κ2) is 13.6.